The highest BCUT2D eigenvalue weighted by molar-refractivity contribution is 6.68. The summed E-state index contributed by atoms with van der Waals surface area (Å²) in [6, 6.07) is 9.57. The van der Waals surface area contributed by atoms with E-state index in [1.807, 2.05) is 6.92 Å². The van der Waals surface area contributed by atoms with Gasteiger partial charge in [-0.3, -0.25) is 0 Å². The average Bonchev–Trinajstić information content (AvgIpc) is 2.56. The molecule has 140 valence electrons. The number of urea groups is 1. The molecule has 8 heteroatoms. The van der Waals surface area contributed by atoms with Crippen LogP contribution in [0.25, 0.3) is 0 Å². The summed E-state index contributed by atoms with van der Waals surface area (Å²) in [4.78, 5) is 12.3. The highest BCUT2D eigenvalue weighted by atomic mass is 35.6. The molecule has 26 heavy (non-hydrogen) atoms. The lowest BCUT2D eigenvalue weighted by Gasteiger charge is -2.26. The fourth-order valence-corrected chi connectivity index (χ4v) is 2.78. The Balaban J connectivity index is 2.12. The van der Waals surface area contributed by atoms with E-state index < -0.39 is 21.7 Å². The van der Waals surface area contributed by atoms with Crippen LogP contribution in [0.1, 0.15) is 24.1 Å². The summed E-state index contributed by atoms with van der Waals surface area (Å²) in [5.74, 6) is 0.239. The summed E-state index contributed by atoms with van der Waals surface area (Å²) in [6.45, 7) is 4.05. The van der Waals surface area contributed by atoms with E-state index in [0.717, 1.165) is 0 Å². The molecule has 0 aliphatic carbocycles. The van der Waals surface area contributed by atoms with E-state index in [1.165, 1.54) is 6.07 Å². The Hall–Kier alpha value is -1.69. The molecule has 4 nitrogen and oxygen atoms in total. The third kappa shape index (κ3) is 5.66. The van der Waals surface area contributed by atoms with Gasteiger partial charge in [0, 0.05) is 5.69 Å². The van der Waals surface area contributed by atoms with Crippen LogP contribution in [0.4, 0.5) is 14.9 Å². The number of alkyl halides is 3. The van der Waals surface area contributed by atoms with E-state index in [0.29, 0.717) is 29.2 Å². The molecule has 0 bridgehead atoms. The topological polar surface area (TPSA) is 50.4 Å². The SMILES string of the molecule is CCOc1ccc(NC(=O)N[C@H](c2ccc(C)c(F)c2)C(Cl)(Cl)Cl)cc1. The first kappa shape index (κ1) is 20.6. The Morgan fingerprint density at radius 3 is 2.38 bits per heavy atom. The lowest BCUT2D eigenvalue weighted by Crippen LogP contribution is -2.39. The molecule has 2 rings (SSSR count). The van der Waals surface area contributed by atoms with Crippen LogP contribution in [0, 0.1) is 12.7 Å². The van der Waals surface area contributed by atoms with Gasteiger partial charge >= 0.3 is 6.03 Å². The highest BCUT2D eigenvalue weighted by Crippen LogP contribution is 2.40. The van der Waals surface area contributed by atoms with Gasteiger partial charge in [0.2, 0.25) is 3.79 Å². The molecular weight excluding hydrogens is 402 g/mol. The Morgan fingerprint density at radius 2 is 1.85 bits per heavy atom. The Bertz CT molecular complexity index is 764. The second-order valence-corrected chi connectivity index (χ2v) is 7.91. The van der Waals surface area contributed by atoms with Crippen molar-refractivity contribution in [1.82, 2.24) is 5.32 Å². The van der Waals surface area contributed by atoms with Crippen LogP contribution < -0.4 is 15.4 Å². The fraction of sp³-hybridized carbons (Fsp3) is 0.278. The van der Waals surface area contributed by atoms with Crippen LogP contribution >= 0.6 is 34.8 Å². The Labute approximate surface area is 166 Å². The molecule has 1 atom stereocenters. The van der Waals surface area contributed by atoms with E-state index in [2.05, 4.69) is 10.6 Å². The maximum atomic E-state index is 13.8. The zero-order valence-corrected chi connectivity index (χ0v) is 16.4. The third-order valence-electron chi connectivity index (χ3n) is 3.56. The summed E-state index contributed by atoms with van der Waals surface area (Å²) < 4.78 is 17.3. The van der Waals surface area contributed by atoms with Gasteiger partial charge in [-0.05, 0) is 55.3 Å². The summed E-state index contributed by atoms with van der Waals surface area (Å²) in [5.41, 5.74) is 1.33. The van der Waals surface area contributed by atoms with E-state index in [1.54, 1.807) is 43.3 Å². The van der Waals surface area contributed by atoms with Gasteiger partial charge in [-0.2, -0.15) is 0 Å². The van der Waals surface area contributed by atoms with Crippen molar-refractivity contribution in [2.24, 2.45) is 0 Å². The number of nitrogens with one attached hydrogen (secondary N) is 2. The minimum atomic E-state index is -1.86. The quantitative estimate of drug-likeness (QED) is 0.605. The maximum Gasteiger partial charge on any atom is 0.319 e. The molecule has 2 N–H and O–H groups in total. The standard InChI is InChI=1S/C18H18Cl3FN2O2/c1-3-26-14-8-6-13(7-9-14)23-17(25)24-16(18(19,20)21)12-5-4-11(2)15(22)10-12/h4-10,16H,3H2,1-2H3,(H2,23,24,25)/t16-/m1/s1. The van der Waals surface area contributed by atoms with Crippen LogP contribution in [0.5, 0.6) is 5.75 Å². The number of amides is 2. The maximum absolute atomic E-state index is 13.8. The second-order valence-electron chi connectivity index (χ2n) is 5.54. The normalized spacial score (nSPS) is 12.4. The Morgan fingerprint density at radius 1 is 1.19 bits per heavy atom. The third-order valence-corrected chi connectivity index (χ3v) is 4.21. The van der Waals surface area contributed by atoms with Gasteiger partial charge in [0.1, 0.15) is 17.6 Å². The number of rotatable bonds is 5. The van der Waals surface area contributed by atoms with Crippen molar-refractivity contribution in [2.45, 2.75) is 23.7 Å². The van der Waals surface area contributed by atoms with Crippen molar-refractivity contribution in [3.05, 3.63) is 59.4 Å². The highest BCUT2D eigenvalue weighted by Gasteiger charge is 2.35. The van der Waals surface area contributed by atoms with Crippen molar-refractivity contribution in [1.29, 1.82) is 0 Å². The summed E-state index contributed by atoms with van der Waals surface area (Å²) >= 11 is 17.9. The van der Waals surface area contributed by atoms with E-state index >= 15 is 0 Å². The lowest BCUT2D eigenvalue weighted by molar-refractivity contribution is 0.248. The molecule has 0 radical (unpaired) electrons. The predicted octanol–water partition coefficient (Wildman–Crippen LogP) is 5.77. The molecule has 0 aromatic heterocycles. The Kier molecular flexibility index (Phi) is 6.98. The first-order valence-corrected chi connectivity index (χ1v) is 8.97. The summed E-state index contributed by atoms with van der Waals surface area (Å²) in [7, 11) is 0. The number of carbonyl (C=O) groups is 1. The van der Waals surface area contributed by atoms with Crippen LogP contribution in [0.15, 0.2) is 42.5 Å². The van der Waals surface area contributed by atoms with Gasteiger partial charge < -0.3 is 15.4 Å². The fourth-order valence-electron chi connectivity index (χ4n) is 2.24. The number of benzene rings is 2. The number of hydrogen-bond acceptors (Lipinski definition) is 2. The molecule has 0 saturated heterocycles. The molecule has 0 spiro atoms. The minimum absolute atomic E-state index is 0.343. The van der Waals surface area contributed by atoms with E-state index in [9.17, 15) is 9.18 Å². The first-order chi connectivity index (χ1) is 12.2. The summed E-state index contributed by atoms with van der Waals surface area (Å²) in [6.07, 6.45) is 0. The van der Waals surface area contributed by atoms with Gasteiger partial charge in [-0.1, -0.05) is 46.9 Å². The average molecular weight is 420 g/mol. The van der Waals surface area contributed by atoms with Crippen molar-refractivity contribution < 1.29 is 13.9 Å². The van der Waals surface area contributed by atoms with Gasteiger partial charge in [0.15, 0.2) is 0 Å². The monoisotopic (exact) mass is 418 g/mol. The number of halogens is 4. The predicted molar refractivity (Wildman–Crippen MR) is 104 cm³/mol. The number of carbonyl (C=O) groups excluding carboxylic acids is 1. The molecule has 0 aliphatic heterocycles. The zero-order chi connectivity index (χ0) is 19.3. The van der Waals surface area contributed by atoms with Crippen molar-refractivity contribution in [3.63, 3.8) is 0 Å². The second kappa shape index (κ2) is 8.80. The number of anilines is 1. The molecule has 2 amide bonds. The molecule has 0 unspecified atom stereocenters. The van der Waals surface area contributed by atoms with Crippen LogP contribution in [-0.4, -0.2) is 16.4 Å². The molecule has 0 fully saturated rings. The molecule has 0 heterocycles. The molecule has 2 aromatic carbocycles. The van der Waals surface area contributed by atoms with Crippen molar-refractivity contribution in [2.75, 3.05) is 11.9 Å². The molecule has 0 saturated carbocycles. The molecule has 2 aromatic rings. The van der Waals surface area contributed by atoms with Crippen molar-refractivity contribution >= 4 is 46.5 Å². The minimum Gasteiger partial charge on any atom is -0.494 e. The zero-order valence-electron chi connectivity index (χ0n) is 14.2. The first-order valence-electron chi connectivity index (χ1n) is 7.84. The van der Waals surface area contributed by atoms with Crippen LogP contribution in [0.2, 0.25) is 0 Å². The van der Waals surface area contributed by atoms with E-state index in [-0.39, 0.29) is 0 Å². The van der Waals surface area contributed by atoms with Crippen molar-refractivity contribution in [3.8, 4) is 5.75 Å². The van der Waals surface area contributed by atoms with Crippen LogP contribution in [0.3, 0.4) is 0 Å². The van der Waals surface area contributed by atoms with Gasteiger partial charge in [-0.25, -0.2) is 9.18 Å². The number of ether oxygens (including phenoxy) is 1. The van der Waals surface area contributed by atoms with E-state index in [4.69, 9.17) is 39.5 Å². The summed E-state index contributed by atoms with van der Waals surface area (Å²) in [5, 5.41) is 5.20. The van der Waals surface area contributed by atoms with Gasteiger partial charge in [0.25, 0.3) is 0 Å². The molecular formula is C18H18Cl3FN2O2. The largest absolute Gasteiger partial charge is 0.494 e. The molecule has 0 aliphatic rings. The smallest absolute Gasteiger partial charge is 0.319 e. The van der Waals surface area contributed by atoms with Crippen LogP contribution in [-0.2, 0) is 0 Å². The number of hydrogen-bond donors (Lipinski definition) is 2. The number of aryl methyl sites for hydroxylation is 1. The van der Waals surface area contributed by atoms with Gasteiger partial charge in [0.05, 0.1) is 6.61 Å². The lowest BCUT2D eigenvalue weighted by atomic mass is 10.1. The van der Waals surface area contributed by atoms with Gasteiger partial charge in [-0.15, -0.1) is 0 Å².